The van der Waals surface area contributed by atoms with Crippen LogP contribution in [0.15, 0.2) is 21.5 Å². The first-order valence-electron chi connectivity index (χ1n) is 12.3. The fourth-order valence-corrected chi connectivity index (χ4v) is 8.24. The minimum atomic E-state index is -5.67. The molecule has 2 aliphatic rings. The molecule has 0 radical (unpaired) electrons. The van der Waals surface area contributed by atoms with E-state index >= 15 is 0 Å². The Morgan fingerprint density at radius 1 is 0.816 bits per heavy atom. The number of halogens is 3. The van der Waals surface area contributed by atoms with Crippen molar-refractivity contribution in [1.82, 2.24) is 9.80 Å². The van der Waals surface area contributed by atoms with Crippen LogP contribution < -0.4 is 0 Å². The molecule has 0 spiro atoms. The number of rotatable bonds is 3. The molecular formula is C24H41F3N2O7SSn. The molecule has 0 aromatic rings. The third kappa shape index (κ3) is 12.0. The fraction of sp³-hybridized carbons (Fsp3) is 0.750. The van der Waals surface area contributed by atoms with Crippen molar-refractivity contribution in [3.63, 3.8) is 0 Å². The number of nitrogens with zero attached hydrogens (tertiary/aromatic N) is 2. The van der Waals surface area contributed by atoms with Gasteiger partial charge in [-0.05, 0) is 26.8 Å². The average molecular weight is 677 g/mol. The first-order valence-corrected chi connectivity index (χ1v) is 23.7. The fourth-order valence-electron chi connectivity index (χ4n) is 3.25. The molecule has 14 heteroatoms. The minimum absolute atomic E-state index is 0.00806. The molecule has 0 atom stereocenters. The Labute approximate surface area is 228 Å². The Balaban J connectivity index is 0.000000389. The number of carbonyl (C=O) groups is 2. The molecule has 2 amide bonds. The molecule has 9 nitrogen and oxygen atoms in total. The average Bonchev–Trinajstić information content (AvgIpc) is 2.70. The standard InChI is InChI=1S/C11H16F3NO5S.C10H16NO2.3CH3.Sn/c1-10(2,3)19-9(16)15-6-4-8(5-7-15)20-21(17,18)11(12,13)14;1-10(2,3)13-9(12)11-7-5-4-6-8-11;;;;/h4H,5-7H2,1-3H3;5H,6-8H2,1-3H3;3*1H3;. The molecule has 0 fully saturated rings. The van der Waals surface area contributed by atoms with Crippen LogP contribution in [0.5, 0.6) is 0 Å². The second-order valence-corrected chi connectivity index (χ2v) is 28.2. The molecule has 0 aromatic carbocycles. The van der Waals surface area contributed by atoms with E-state index in [0.29, 0.717) is 0 Å². The van der Waals surface area contributed by atoms with Gasteiger partial charge in [-0.25, -0.2) is 4.79 Å². The van der Waals surface area contributed by atoms with Gasteiger partial charge in [-0.2, -0.15) is 21.6 Å². The molecule has 0 aliphatic carbocycles. The van der Waals surface area contributed by atoms with Gasteiger partial charge >= 0.3 is 131 Å². The van der Waals surface area contributed by atoms with Crippen molar-refractivity contribution in [3.05, 3.63) is 21.5 Å². The van der Waals surface area contributed by atoms with E-state index in [1.54, 1.807) is 29.3 Å². The summed E-state index contributed by atoms with van der Waals surface area (Å²) in [5, 5.41) is 0. The summed E-state index contributed by atoms with van der Waals surface area (Å²) in [5.74, 6) is -0.341. The summed E-state index contributed by atoms with van der Waals surface area (Å²) in [7, 11) is -5.67. The van der Waals surface area contributed by atoms with E-state index < -0.39 is 51.3 Å². The van der Waals surface area contributed by atoms with Gasteiger partial charge in [0, 0.05) is 19.5 Å². The maximum atomic E-state index is 12.2. The Hall–Kier alpha value is -1.64. The molecule has 0 saturated heterocycles. The van der Waals surface area contributed by atoms with E-state index in [0.717, 1.165) is 25.6 Å². The van der Waals surface area contributed by atoms with E-state index in [-0.39, 0.29) is 31.4 Å². The molecule has 220 valence electrons. The van der Waals surface area contributed by atoms with Crippen molar-refractivity contribution < 1.29 is 44.8 Å². The number of hydrogen-bond donors (Lipinski definition) is 0. The molecular weight excluding hydrogens is 636 g/mol. The first-order chi connectivity index (χ1) is 16.9. The van der Waals surface area contributed by atoms with Gasteiger partial charge in [0.05, 0.1) is 0 Å². The Morgan fingerprint density at radius 3 is 1.53 bits per heavy atom. The molecule has 2 aliphatic heterocycles. The van der Waals surface area contributed by atoms with Crippen molar-refractivity contribution in [2.45, 2.75) is 85.9 Å². The van der Waals surface area contributed by atoms with E-state index in [1.165, 1.54) is 4.90 Å². The molecule has 0 unspecified atom stereocenters. The second-order valence-electron chi connectivity index (χ2n) is 12.0. The predicted octanol–water partition coefficient (Wildman–Crippen LogP) is 5.81. The normalized spacial score (nSPS) is 17.5. The van der Waals surface area contributed by atoms with Crippen LogP contribution in [0, 0.1) is 0 Å². The summed E-state index contributed by atoms with van der Waals surface area (Å²) < 4.78 is 74.2. The number of carbonyl (C=O) groups excluding carboxylic acids is 2. The van der Waals surface area contributed by atoms with Gasteiger partial charge in [0.15, 0.2) is 0 Å². The maximum absolute atomic E-state index is 12.2. The summed E-state index contributed by atoms with van der Waals surface area (Å²) in [4.78, 5) is 33.9. The molecule has 0 bridgehead atoms. The Morgan fingerprint density at radius 2 is 1.24 bits per heavy atom. The number of alkyl halides is 3. The Bertz CT molecular complexity index is 1020. The van der Waals surface area contributed by atoms with Gasteiger partial charge in [0.2, 0.25) is 0 Å². The van der Waals surface area contributed by atoms with Gasteiger partial charge in [-0.15, -0.1) is 0 Å². The van der Waals surface area contributed by atoms with Crippen LogP contribution in [0.4, 0.5) is 22.8 Å². The zero-order valence-electron chi connectivity index (χ0n) is 23.7. The molecule has 2 rings (SSSR count). The summed E-state index contributed by atoms with van der Waals surface area (Å²) in [6, 6.07) is 0. The topological polar surface area (TPSA) is 102 Å². The summed E-state index contributed by atoms with van der Waals surface area (Å²) >= 11 is -1.90. The van der Waals surface area contributed by atoms with Gasteiger partial charge < -0.3 is 13.8 Å². The van der Waals surface area contributed by atoms with Gasteiger partial charge in [-0.3, -0.25) is 0 Å². The molecule has 38 heavy (non-hydrogen) atoms. The van der Waals surface area contributed by atoms with Crippen LogP contribution in [0.3, 0.4) is 0 Å². The van der Waals surface area contributed by atoms with Crippen molar-refractivity contribution in [3.8, 4) is 0 Å². The molecule has 0 saturated carbocycles. The number of amides is 2. The number of ether oxygens (including phenoxy) is 2. The quantitative estimate of drug-likeness (QED) is 0.211. The van der Waals surface area contributed by atoms with Crippen LogP contribution >= 0.6 is 0 Å². The first kappa shape index (κ1) is 34.4. The van der Waals surface area contributed by atoms with E-state index in [2.05, 4.69) is 25.1 Å². The van der Waals surface area contributed by atoms with Crippen LogP contribution in [0.25, 0.3) is 0 Å². The van der Waals surface area contributed by atoms with Crippen molar-refractivity contribution in [2.75, 3.05) is 26.2 Å². The second kappa shape index (κ2) is 12.7. The molecule has 0 aromatic heterocycles. The number of hydrogen-bond acceptors (Lipinski definition) is 7. The SMILES string of the molecule is CC(C)(C)OC(=O)N1CC=C(OS(=O)(=O)C(F)(F)F)CC1.CC(C)(C)OC(=O)N1CC=[C]([Sn]([CH3])([CH3])[CH3])CC1. The Kier molecular flexibility index (Phi) is 11.5. The zero-order valence-corrected chi connectivity index (χ0v) is 27.4. The third-order valence-electron chi connectivity index (χ3n) is 5.14. The van der Waals surface area contributed by atoms with Gasteiger partial charge in [0.25, 0.3) is 0 Å². The van der Waals surface area contributed by atoms with Crippen molar-refractivity contribution in [2.24, 2.45) is 0 Å². The molecule has 0 N–H and O–H groups in total. The zero-order chi connectivity index (χ0) is 29.7. The third-order valence-corrected chi connectivity index (χ3v) is 12.9. The summed E-state index contributed by atoms with van der Waals surface area (Å²) in [5.41, 5.74) is -6.57. The van der Waals surface area contributed by atoms with Gasteiger partial charge in [-0.1, -0.05) is 0 Å². The van der Waals surface area contributed by atoms with Crippen molar-refractivity contribution in [1.29, 1.82) is 0 Å². The summed E-state index contributed by atoms with van der Waals surface area (Å²) in [6.45, 7) is 12.2. The van der Waals surface area contributed by atoms with Crippen LogP contribution in [0.2, 0.25) is 14.8 Å². The van der Waals surface area contributed by atoms with Crippen LogP contribution in [-0.2, 0) is 23.8 Å². The molecule has 2 heterocycles. The van der Waals surface area contributed by atoms with E-state index in [1.807, 2.05) is 20.8 Å². The van der Waals surface area contributed by atoms with Gasteiger partial charge in [0.1, 0.15) is 11.4 Å². The van der Waals surface area contributed by atoms with Crippen LogP contribution in [0.1, 0.15) is 54.4 Å². The monoisotopic (exact) mass is 678 g/mol. The van der Waals surface area contributed by atoms with E-state index in [4.69, 9.17) is 9.47 Å². The van der Waals surface area contributed by atoms with Crippen molar-refractivity contribution >= 4 is 40.7 Å². The van der Waals surface area contributed by atoms with Crippen LogP contribution in [-0.4, -0.2) is 91.7 Å². The predicted molar refractivity (Wildman–Crippen MR) is 140 cm³/mol. The summed E-state index contributed by atoms with van der Waals surface area (Å²) in [6.07, 6.45) is 3.45. The van der Waals surface area contributed by atoms with E-state index in [9.17, 15) is 31.2 Å².